The van der Waals surface area contributed by atoms with E-state index in [4.69, 9.17) is 10.7 Å². The van der Waals surface area contributed by atoms with Crippen molar-refractivity contribution in [1.82, 2.24) is 0 Å². The summed E-state index contributed by atoms with van der Waals surface area (Å²) in [6.45, 7) is 0. The molecule has 1 aromatic carbocycles. The molecule has 1 amide bonds. The van der Waals surface area contributed by atoms with Crippen molar-refractivity contribution in [2.75, 3.05) is 5.32 Å². The van der Waals surface area contributed by atoms with Gasteiger partial charge in [0, 0.05) is 16.4 Å². The number of benzene rings is 1. The molecule has 0 spiro atoms. The van der Waals surface area contributed by atoms with Crippen LogP contribution in [-0.4, -0.2) is 14.3 Å². The van der Waals surface area contributed by atoms with Crippen LogP contribution in [0.2, 0.25) is 0 Å². The summed E-state index contributed by atoms with van der Waals surface area (Å²) in [5.41, 5.74) is 2.14. The van der Waals surface area contributed by atoms with E-state index in [1.165, 1.54) is 0 Å². The maximum absolute atomic E-state index is 11.0. The molecule has 0 fully saturated rings. The molecule has 0 saturated heterocycles. The molecule has 1 aromatic rings. The molecule has 0 aromatic heterocycles. The van der Waals surface area contributed by atoms with Crippen LogP contribution in [0.4, 0.5) is 5.69 Å². The van der Waals surface area contributed by atoms with Crippen LogP contribution in [0, 0.1) is 0 Å². The van der Waals surface area contributed by atoms with Crippen molar-refractivity contribution in [3.63, 3.8) is 0 Å². The molecule has 1 N–H and O–H groups in total. The SMILES string of the molecule is O=C1Cc2ccc(CS(=O)(=O)Cl)cc2N1. The Morgan fingerprint density at radius 3 is 2.80 bits per heavy atom. The lowest BCUT2D eigenvalue weighted by Crippen LogP contribution is -2.03. The molecular formula is C9H8ClNO3S. The Balaban J connectivity index is 2.31. The number of rotatable bonds is 2. The first-order valence-corrected chi connectivity index (χ1v) is 6.76. The van der Waals surface area contributed by atoms with E-state index in [1.807, 2.05) is 0 Å². The quantitative estimate of drug-likeness (QED) is 0.798. The predicted octanol–water partition coefficient (Wildman–Crippen LogP) is 1.25. The van der Waals surface area contributed by atoms with Gasteiger partial charge in [0.15, 0.2) is 0 Å². The van der Waals surface area contributed by atoms with E-state index in [1.54, 1.807) is 18.2 Å². The average molecular weight is 246 g/mol. The fourth-order valence-corrected chi connectivity index (χ4v) is 2.51. The van der Waals surface area contributed by atoms with E-state index in [0.29, 0.717) is 17.7 Å². The number of amides is 1. The largest absolute Gasteiger partial charge is 0.326 e. The van der Waals surface area contributed by atoms with Gasteiger partial charge < -0.3 is 5.32 Å². The maximum Gasteiger partial charge on any atom is 0.236 e. The van der Waals surface area contributed by atoms with Crippen LogP contribution >= 0.6 is 10.7 Å². The van der Waals surface area contributed by atoms with Gasteiger partial charge in [-0.05, 0) is 17.2 Å². The first-order chi connectivity index (χ1) is 6.94. The second-order valence-electron chi connectivity index (χ2n) is 3.40. The van der Waals surface area contributed by atoms with E-state index >= 15 is 0 Å². The van der Waals surface area contributed by atoms with Gasteiger partial charge in [-0.2, -0.15) is 0 Å². The lowest BCUT2D eigenvalue weighted by atomic mass is 10.1. The highest BCUT2D eigenvalue weighted by Crippen LogP contribution is 2.25. The Kier molecular flexibility index (Phi) is 2.44. The number of fused-ring (bicyclic) bond motifs is 1. The lowest BCUT2D eigenvalue weighted by Gasteiger charge is -2.02. The average Bonchev–Trinajstić information content (AvgIpc) is 2.40. The van der Waals surface area contributed by atoms with Crippen molar-refractivity contribution in [2.45, 2.75) is 12.2 Å². The number of hydrogen-bond donors (Lipinski definition) is 1. The molecule has 80 valence electrons. The third kappa shape index (κ3) is 2.49. The third-order valence-corrected chi connectivity index (χ3v) is 3.14. The summed E-state index contributed by atoms with van der Waals surface area (Å²) < 4.78 is 21.7. The van der Waals surface area contributed by atoms with Gasteiger partial charge in [-0.15, -0.1) is 0 Å². The van der Waals surface area contributed by atoms with Gasteiger partial charge in [0.1, 0.15) is 0 Å². The summed E-state index contributed by atoms with van der Waals surface area (Å²) in [7, 11) is 1.58. The number of carbonyl (C=O) groups excluding carboxylic acids is 1. The summed E-state index contributed by atoms with van der Waals surface area (Å²) in [6.07, 6.45) is 0.350. The van der Waals surface area contributed by atoms with Gasteiger partial charge in [-0.1, -0.05) is 12.1 Å². The van der Waals surface area contributed by atoms with E-state index in [2.05, 4.69) is 5.32 Å². The summed E-state index contributed by atoms with van der Waals surface area (Å²) in [5, 5.41) is 2.65. The fraction of sp³-hybridized carbons (Fsp3) is 0.222. The molecule has 1 heterocycles. The van der Waals surface area contributed by atoms with Crippen molar-refractivity contribution < 1.29 is 13.2 Å². The summed E-state index contributed by atoms with van der Waals surface area (Å²) in [5.74, 6) is -0.298. The Labute approximate surface area is 91.7 Å². The Bertz CT molecular complexity index is 524. The topological polar surface area (TPSA) is 63.2 Å². The highest BCUT2D eigenvalue weighted by molar-refractivity contribution is 8.13. The van der Waals surface area contributed by atoms with Gasteiger partial charge in [-0.3, -0.25) is 4.79 Å². The fourth-order valence-electron chi connectivity index (χ4n) is 1.55. The second-order valence-corrected chi connectivity index (χ2v) is 6.18. The molecule has 0 aliphatic carbocycles. The molecule has 0 saturated carbocycles. The first-order valence-electron chi connectivity index (χ1n) is 4.28. The molecule has 1 aliphatic rings. The Morgan fingerprint density at radius 1 is 1.40 bits per heavy atom. The summed E-state index contributed by atoms with van der Waals surface area (Å²) >= 11 is 0. The number of halogens is 1. The zero-order valence-electron chi connectivity index (χ0n) is 7.66. The maximum atomic E-state index is 11.0. The molecule has 2 rings (SSSR count). The smallest absolute Gasteiger partial charge is 0.236 e. The van der Waals surface area contributed by atoms with Crippen molar-refractivity contribution in [3.8, 4) is 0 Å². The minimum Gasteiger partial charge on any atom is -0.326 e. The normalized spacial score (nSPS) is 14.9. The van der Waals surface area contributed by atoms with Crippen LogP contribution in [0.5, 0.6) is 0 Å². The number of carbonyl (C=O) groups is 1. The molecule has 0 unspecified atom stereocenters. The molecular weight excluding hydrogens is 238 g/mol. The van der Waals surface area contributed by atoms with Crippen molar-refractivity contribution in [1.29, 1.82) is 0 Å². The molecule has 0 radical (unpaired) electrons. The van der Waals surface area contributed by atoms with Crippen molar-refractivity contribution in [3.05, 3.63) is 29.3 Å². The molecule has 15 heavy (non-hydrogen) atoms. The van der Waals surface area contributed by atoms with Gasteiger partial charge in [0.2, 0.25) is 15.0 Å². The zero-order valence-corrected chi connectivity index (χ0v) is 9.23. The Hall–Kier alpha value is -1.07. The van der Waals surface area contributed by atoms with Gasteiger partial charge in [-0.25, -0.2) is 8.42 Å². The minimum atomic E-state index is -3.55. The van der Waals surface area contributed by atoms with Crippen LogP contribution in [-0.2, 0) is 26.0 Å². The van der Waals surface area contributed by atoms with E-state index in [9.17, 15) is 13.2 Å². The van der Waals surface area contributed by atoms with Crippen LogP contribution in [0.25, 0.3) is 0 Å². The number of anilines is 1. The highest BCUT2D eigenvalue weighted by Gasteiger charge is 2.18. The monoisotopic (exact) mass is 245 g/mol. The molecule has 1 aliphatic heterocycles. The van der Waals surface area contributed by atoms with Crippen molar-refractivity contribution >= 4 is 31.3 Å². The number of nitrogens with one attached hydrogen (secondary N) is 1. The molecule has 4 nitrogen and oxygen atoms in total. The van der Waals surface area contributed by atoms with Crippen LogP contribution in [0.3, 0.4) is 0 Å². The third-order valence-electron chi connectivity index (χ3n) is 2.14. The van der Waals surface area contributed by atoms with Crippen LogP contribution < -0.4 is 5.32 Å². The van der Waals surface area contributed by atoms with Crippen LogP contribution in [0.1, 0.15) is 11.1 Å². The van der Waals surface area contributed by atoms with Gasteiger partial charge in [0.25, 0.3) is 0 Å². The molecule has 0 atom stereocenters. The summed E-state index contributed by atoms with van der Waals surface area (Å²) in [4.78, 5) is 11.0. The first kappa shape index (κ1) is 10.4. The zero-order chi connectivity index (χ0) is 11.1. The van der Waals surface area contributed by atoms with E-state index < -0.39 is 9.05 Å². The predicted molar refractivity (Wildman–Crippen MR) is 57.3 cm³/mol. The lowest BCUT2D eigenvalue weighted by molar-refractivity contribution is -0.115. The van der Waals surface area contributed by atoms with Crippen LogP contribution in [0.15, 0.2) is 18.2 Å². The second kappa shape index (κ2) is 3.50. The highest BCUT2D eigenvalue weighted by atomic mass is 35.7. The van der Waals surface area contributed by atoms with Gasteiger partial charge >= 0.3 is 0 Å². The van der Waals surface area contributed by atoms with E-state index in [-0.39, 0.29) is 11.7 Å². The standard InChI is InChI=1S/C9H8ClNO3S/c10-15(13,14)5-6-1-2-7-4-9(12)11-8(7)3-6/h1-3H,4-5H2,(H,11,12). The Morgan fingerprint density at radius 2 is 2.13 bits per heavy atom. The van der Waals surface area contributed by atoms with Gasteiger partial charge in [0.05, 0.1) is 12.2 Å². The molecule has 6 heteroatoms. The number of hydrogen-bond acceptors (Lipinski definition) is 3. The molecule has 0 bridgehead atoms. The van der Waals surface area contributed by atoms with Crippen molar-refractivity contribution in [2.24, 2.45) is 0 Å². The van der Waals surface area contributed by atoms with E-state index in [0.717, 1.165) is 5.56 Å². The minimum absolute atomic E-state index is 0.0733. The summed E-state index contributed by atoms with van der Waals surface area (Å²) in [6, 6.07) is 5.05.